The van der Waals surface area contributed by atoms with E-state index in [9.17, 15) is 4.79 Å². The van der Waals surface area contributed by atoms with Crippen LogP contribution in [0.5, 0.6) is 0 Å². The van der Waals surface area contributed by atoms with Crippen LogP contribution in [0.4, 0.5) is 0 Å². The number of likely N-dealkylation sites (N-methyl/N-ethyl adjacent to an activating group) is 1. The van der Waals surface area contributed by atoms with Crippen molar-refractivity contribution in [2.24, 2.45) is 0 Å². The summed E-state index contributed by atoms with van der Waals surface area (Å²) in [6.45, 7) is 6.66. The zero-order valence-electron chi connectivity index (χ0n) is 12.3. The van der Waals surface area contributed by atoms with E-state index in [2.05, 4.69) is 5.32 Å². The number of methoxy groups -OCH3 is 1. The molecule has 0 aromatic carbocycles. The number of ether oxygens (including phenoxy) is 1. The van der Waals surface area contributed by atoms with Gasteiger partial charge in [-0.15, -0.1) is 0 Å². The summed E-state index contributed by atoms with van der Waals surface area (Å²) in [5.41, 5.74) is 1.11. The molecule has 5 nitrogen and oxygen atoms in total. The van der Waals surface area contributed by atoms with Crippen molar-refractivity contribution in [2.75, 3.05) is 27.3 Å². The number of carbonyl (C=O) groups is 1. The van der Waals surface area contributed by atoms with E-state index in [-0.39, 0.29) is 11.9 Å². The van der Waals surface area contributed by atoms with Crippen LogP contribution in [0.2, 0.25) is 0 Å². The highest BCUT2D eigenvalue weighted by molar-refractivity contribution is 5.76. The molecule has 0 atom stereocenters. The fourth-order valence-electron chi connectivity index (χ4n) is 1.70. The van der Waals surface area contributed by atoms with Crippen LogP contribution in [0.25, 0.3) is 0 Å². The first-order valence-corrected chi connectivity index (χ1v) is 6.65. The number of hydrogen-bond acceptors (Lipinski definition) is 3. The van der Waals surface area contributed by atoms with Crippen molar-refractivity contribution in [1.82, 2.24) is 14.8 Å². The lowest BCUT2D eigenvalue weighted by Crippen LogP contribution is -2.36. The van der Waals surface area contributed by atoms with Crippen LogP contribution in [0, 0.1) is 0 Å². The van der Waals surface area contributed by atoms with E-state index in [1.807, 2.05) is 43.8 Å². The third-order valence-electron chi connectivity index (χ3n) is 3.19. The number of carbonyl (C=O) groups excluding carboxylic acids is 1. The molecule has 19 heavy (non-hydrogen) atoms. The van der Waals surface area contributed by atoms with Gasteiger partial charge in [-0.3, -0.25) is 4.79 Å². The average Bonchev–Trinajstić information content (AvgIpc) is 2.81. The van der Waals surface area contributed by atoms with Crippen LogP contribution in [-0.4, -0.2) is 48.7 Å². The summed E-state index contributed by atoms with van der Waals surface area (Å²) < 4.78 is 6.97. The summed E-state index contributed by atoms with van der Waals surface area (Å²) in [4.78, 5) is 13.8. The number of nitrogens with one attached hydrogen (secondary N) is 1. The number of amides is 1. The predicted octanol–water partition coefficient (Wildman–Crippen LogP) is 1.09. The Morgan fingerprint density at radius 1 is 1.53 bits per heavy atom. The highest BCUT2D eigenvalue weighted by atomic mass is 16.5. The third kappa shape index (κ3) is 5.04. The van der Waals surface area contributed by atoms with Crippen LogP contribution in [0.3, 0.4) is 0 Å². The van der Waals surface area contributed by atoms with Gasteiger partial charge in [0.2, 0.25) is 5.91 Å². The van der Waals surface area contributed by atoms with E-state index in [1.165, 1.54) is 0 Å². The maximum absolute atomic E-state index is 12.0. The highest BCUT2D eigenvalue weighted by Gasteiger charge is 2.13. The molecule has 0 aliphatic rings. The molecule has 0 saturated carbocycles. The highest BCUT2D eigenvalue weighted by Crippen LogP contribution is 2.04. The van der Waals surface area contributed by atoms with E-state index in [0.717, 1.165) is 18.8 Å². The Morgan fingerprint density at radius 3 is 2.89 bits per heavy atom. The Balaban J connectivity index is 2.50. The normalized spacial score (nSPS) is 11.0. The molecule has 0 fully saturated rings. The van der Waals surface area contributed by atoms with Gasteiger partial charge < -0.3 is 19.5 Å². The van der Waals surface area contributed by atoms with Gasteiger partial charge in [0.15, 0.2) is 0 Å². The predicted molar refractivity (Wildman–Crippen MR) is 75.9 cm³/mol. The maximum atomic E-state index is 12.0. The molecule has 1 heterocycles. The molecule has 0 saturated heterocycles. The number of nitrogens with zero attached hydrogens (tertiary/aromatic N) is 2. The first-order valence-electron chi connectivity index (χ1n) is 6.65. The summed E-state index contributed by atoms with van der Waals surface area (Å²) in [5.74, 6) is 0.129. The summed E-state index contributed by atoms with van der Waals surface area (Å²) >= 11 is 0. The second-order valence-corrected chi connectivity index (χ2v) is 4.90. The Morgan fingerprint density at radius 2 is 2.26 bits per heavy atom. The summed E-state index contributed by atoms with van der Waals surface area (Å²) in [6.07, 6.45) is 1.94. The minimum absolute atomic E-state index is 0.129. The van der Waals surface area contributed by atoms with Crippen molar-refractivity contribution in [2.45, 2.75) is 33.0 Å². The molecule has 1 amide bonds. The summed E-state index contributed by atoms with van der Waals surface area (Å²) in [6, 6.07) is 4.23. The standard InChI is InChI=1S/C14H25N3O2/c1-12(2)16(3)14(18)11-17-8-5-6-13(17)10-15-7-9-19-4/h5-6,8,12,15H,7,9-11H2,1-4H3. The molecule has 0 aliphatic carbocycles. The molecule has 1 N–H and O–H groups in total. The lowest BCUT2D eigenvalue weighted by atomic mass is 10.3. The molecular weight excluding hydrogens is 242 g/mol. The van der Waals surface area contributed by atoms with Gasteiger partial charge in [0.25, 0.3) is 0 Å². The molecule has 1 rings (SSSR count). The topological polar surface area (TPSA) is 46.5 Å². The molecular formula is C14H25N3O2. The second kappa shape index (κ2) is 7.96. The molecule has 5 heteroatoms. The molecule has 0 bridgehead atoms. The molecule has 1 aromatic rings. The van der Waals surface area contributed by atoms with Crippen molar-refractivity contribution in [3.05, 3.63) is 24.0 Å². The molecule has 0 aliphatic heterocycles. The van der Waals surface area contributed by atoms with Gasteiger partial charge in [0.1, 0.15) is 6.54 Å². The van der Waals surface area contributed by atoms with Crippen molar-refractivity contribution < 1.29 is 9.53 Å². The first-order chi connectivity index (χ1) is 9.06. The van der Waals surface area contributed by atoms with Gasteiger partial charge in [0, 0.05) is 45.2 Å². The largest absolute Gasteiger partial charge is 0.383 e. The minimum atomic E-state index is 0.129. The zero-order chi connectivity index (χ0) is 14.3. The van der Waals surface area contributed by atoms with E-state index in [0.29, 0.717) is 13.2 Å². The fraction of sp³-hybridized carbons (Fsp3) is 0.643. The van der Waals surface area contributed by atoms with Crippen molar-refractivity contribution in [3.8, 4) is 0 Å². The Kier molecular flexibility index (Phi) is 6.59. The lowest BCUT2D eigenvalue weighted by molar-refractivity contribution is -0.132. The number of rotatable bonds is 8. The molecule has 1 aromatic heterocycles. The summed E-state index contributed by atoms with van der Waals surface area (Å²) in [5, 5.41) is 3.28. The van der Waals surface area contributed by atoms with Crippen LogP contribution in [0.1, 0.15) is 19.5 Å². The average molecular weight is 267 g/mol. The molecule has 0 spiro atoms. The van der Waals surface area contributed by atoms with Crippen molar-refractivity contribution in [1.29, 1.82) is 0 Å². The smallest absolute Gasteiger partial charge is 0.242 e. The van der Waals surface area contributed by atoms with Crippen LogP contribution >= 0.6 is 0 Å². The van der Waals surface area contributed by atoms with Gasteiger partial charge in [-0.2, -0.15) is 0 Å². The zero-order valence-corrected chi connectivity index (χ0v) is 12.3. The summed E-state index contributed by atoms with van der Waals surface area (Å²) in [7, 11) is 3.53. The van der Waals surface area contributed by atoms with E-state index < -0.39 is 0 Å². The van der Waals surface area contributed by atoms with Gasteiger partial charge in [-0.1, -0.05) is 0 Å². The second-order valence-electron chi connectivity index (χ2n) is 4.90. The van der Waals surface area contributed by atoms with E-state index in [1.54, 1.807) is 12.0 Å². The van der Waals surface area contributed by atoms with Crippen LogP contribution in [-0.2, 0) is 22.6 Å². The molecule has 0 unspecified atom stereocenters. The van der Waals surface area contributed by atoms with Crippen molar-refractivity contribution >= 4 is 5.91 Å². The van der Waals surface area contributed by atoms with Crippen LogP contribution < -0.4 is 5.32 Å². The van der Waals surface area contributed by atoms with Gasteiger partial charge in [0.05, 0.1) is 6.61 Å². The fourth-order valence-corrected chi connectivity index (χ4v) is 1.70. The lowest BCUT2D eigenvalue weighted by Gasteiger charge is -2.22. The minimum Gasteiger partial charge on any atom is -0.383 e. The third-order valence-corrected chi connectivity index (χ3v) is 3.19. The number of aromatic nitrogens is 1. The van der Waals surface area contributed by atoms with Crippen LogP contribution in [0.15, 0.2) is 18.3 Å². The quantitative estimate of drug-likeness (QED) is 0.717. The Hall–Kier alpha value is -1.33. The van der Waals surface area contributed by atoms with Gasteiger partial charge in [-0.05, 0) is 26.0 Å². The van der Waals surface area contributed by atoms with Gasteiger partial charge in [-0.25, -0.2) is 0 Å². The van der Waals surface area contributed by atoms with E-state index >= 15 is 0 Å². The Bertz CT molecular complexity index is 388. The SMILES string of the molecule is COCCNCc1cccn1CC(=O)N(C)C(C)C. The maximum Gasteiger partial charge on any atom is 0.242 e. The monoisotopic (exact) mass is 267 g/mol. The van der Waals surface area contributed by atoms with E-state index in [4.69, 9.17) is 4.74 Å². The molecule has 108 valence electrons. The van der Waals surface area contributed by atoms with Crippen molar-refractivity contribution in [3.63, 3.8) is 0 Å². The number of hydrogen-bond donors (Lipinski definition) is 1. The Labute approximate surface area is 115 Å². The molecule has 0 radical (unpaired) electrons. The first kappa shape index (κ1) is 15.7. The van der Waals surface area contributed by atoms with Gasteiger partial charge >= 0.3 is 0 Å².